The first kappa shape index (κ1) is 23.7. The lowest BCUT2D eigenvalue weighted by molar-refractivity contribution is -0.147. The molecule has 0 bridgehead atoms. The highest BCUT2D eigenvalue weighted by molar-refractivity contribution is 5.85. The fourth-order valence-corrected chi connectivity index (χ4v) is 2.62. The first-order valence-electron chi connectivity index (χ1n) is 9.99. The molecule has 1 amide bonds. The van der Waals surface area contributed by atoms with Gasteiger partial charge in [-0.15, -0.1) is 0 Å². The minimum atomic E-state index is -0.655. The smallest absolute Gasteiger partial charge is 0.411 e. The summed E-state index contributed by atoms with van der Waals surface area (Å²) in [5.41, 5.74) is 2.16. The second kappa shape index (κ2) is 12.2. The quantitative estimate of drug-likeness (QED) is 0.335. The van der Waals surface area contributed by atoms with Crippen molar-refractivity contribution in [2.24, 2.45) is 5.92 Å². The van der Waals surface area contributed by atoms with Gasteiger partial charge in [0.15, 0.2) is 0 Å². The second-order valence-corrected chi connectivity index (χ2v) is 7.14. The van der Waals surface area contributed by atoms with E-state index >= 15 is 0 Å². The van der Waals surface area contributed by atoms with E-state index in [1.54, 1.807) is 24.3 Å². The maximum atomic E-state index is 12.6. The highest BCUT2D eigenvalue weighted by Crippen LogP contribution is 2.18. The van der Waals surface area contributed by atoms with Gasteiger partial charge in [-0.05, 0) is 35.7 Å². The Morgan fingerprint density at radius 2 is 1.45 bits per heavy atom. The number of esters is 2. The molecule has 8 nitrogen and oxygen atoms in total. The van der Waals surface area contributed by atoms with Crippen LogP contribution in [0.25, 0.3) is 0 Å². The largest absolute Gasteiger partial charge is 0.462 e. The predicted molar refractivity (Wildman–Crippen MR) is 117 cm³/mol. The van der Waals surface area contributed by atoms with Crippen LogP contribution in [0.1, 0.15) is 26.3 Å². The van der Waals surface area contributed by atoms with E-state index in [-0.39, 0.29) is 31.7 Å². The Morgan fingerprint density at radius 1 is 0.839 bits per heavy atom. The van der Waals surface area contributed by atoms with Gasteiger partial charge in [0.1, 0.15) is 25.9 Å². The van der Waals surface area contributed by atoms with Crippen molar-refractivity contribution in [1.29, 1.82) is 0 Å². The van der Waals surface area contributed by atoms with E-state index in [9.17, 15) is 14.4 Å². The van der Waals surface area contributed by atoms with E-state index in [0.717, 1.165) is 5.56 Å². The molecule has 8 heteroatoms. The normalized spacial score (nSPS) is 11.4. The van der Waals surface area contributed by atoms with E-state index in [1.807, 2.05) is 44.2 Å². The molecular formula is C23H28N2O6. The van der Waals surface area contributed by atoms with Crippen LogP contribution >= 0.6 is 0 Å². The van der Waals surface area contributed by atoms with Gasteiger partial charge in [0, 0.05) is 18.3 Å². The standard InChI is InChI=1S/C23H28N2O6/c1-16(2)21(22(27)31-15-18-7-5-4-6-8-18)24-19-9-11-20(12-10-19)25-23(28)30-14-13-29-17(3)26/h4-12,16,21,24H,13-15H2,1-3H3,(H,25,28). The Balaban J connectivity index is 1.84. The van der Waals surface area contributed by atoms with Crippen LogP contribution in [0.3, 0.4) is 0 Å². The molecule has 0 aliphatic rings. The molecule has 0 aliphatic carbocycles. The van der Waals surface area contributed by atoms with Gasteiger partial charge in [0.05, 0.1) is 0 Å². The molecule has 2 aromatic rings. The SMILES string of the molecule is CC(=O)OCCOC(=O)Nc1ccc(NC(C(=O)OCc2ccccc2)C(C)C)cc1. The summed E-state index contributed by atoms with van der Waals surface area (Å²) in [7, 11) is 0. The van der Waals surface area contributed by atoms with Crippen molar-refractivity contribution < 1.29 is 28.6 Å². The number of nitrogens with one attached hydrogen (secondary N) is 2. The Hall–Kier alpha value is -3.55. The minimum Gasteiger partial charge on any atom is -0.462 e. The van der Waals surface area contributed by atoms with E-state index in [1.165, 1.54) is 6.92 Å². The molecule has 0 fully saturated rings. The zero-order chi connectivity index (χ0) is 22.6. The molecule has 31 heavy (non-hydrogen) atoms. The molecule has 0 heterocycles. The molecule has 166 valence electrons. The second-order valence-electron chi connectivity index (χ2n) is 7.14. The van der Waals surface area contributed by atoms with Crippen molar-refractivity contribution in [3.63, 3.8) is 0 Å². The third kappa shape index (κ3) is 8.77. The summed E-state index contributed by atoms with van der Waals surface area (Å²) in [5, 5.41) is 5.75. The summed E-state index contributed by atoms with van der Waals surface area (Å²) in [6.45, 7) is 5.33. The van der Waals surface area contributed by atoms with Gasteiger partial charge in [-0.2, -0.15) is 0 Å². The first-order valence-corrected chi connectivity index (χ1v) is 9.99. The van der Waals surface area contributed by atoms with Gasteiger partial charge in [0.2, 0.25) is 0 Å². The number of hydrogen-bond donors (Lipinski definition) is 2. The molecule has 2 aromatic carbocycles. The van der Waals surface area contributed by atoms with Crippen molar-refractivity contribution in [1.82, 2.24) is 0 Å². The van der Waals surface area contributed by atoms with Gasteiger partial charge in [0.25, 0.3) is 0 Å². The summed E-state index contributed by atoms with van der Waals surface area (Å²) < 4.78 is 15.1. The number of benzene rings is 2. The minimum absolute atomic E-state index is 0.00255. The van der Waals surface area contributed by atoms with Crippen molar-refractivity contribution in [3.05, 3.63) is 60.2 Å². The van der Waals surface area contributed by atoms with Gasteiger partial charge < -0.3 is 19.5 Å². The van der Waals surface area contributed by atoms with Crippen LogP contribution in [0.5, 0.6) is 0 Å². The van der Waals surface area contributed by atoms with Crippen LogP contribution in [-0.4, -0.2) is 37.3 Å². The summed E-state index contributed by atoms with van der Waals surface area (Å²) in [5.74, 6) is -0.763. The van der Waals surface area contributed by atoms with E-state index in [0.29, 0.717) is 11.4 Å². The highest BCUT2D eigenvalue weighted by atomic mass is 16.6. The van der Waals surface area contributed by atoms with Crippen molar-refractivity contribution >= 4 is 29.4 Å². The first-order chi connectivity index (χ1) is 14.8. The predicted octanol–water partition coefficient (Wildman–Crippen LogP) is 3.98. The lowest BCUT2D eigenvalue weighted by atomic mass is 10.0. The lowest BCUT2D eigenvalue weighted by Crippen LogP contribution is -2.36. The molecule has 0 spiro atoms. The van der Waals surface area contributed by atoms with Crippen LogP contribution in [0.2, 0.25) is 0 Å². The summed E-state index contributed by atoms with van der Waals surface area (Å²) >= 11 is 0. The van der Waals surface area contributed by atoms with E-state index in [4.69, 9.17) is 9.47 Å². The maximum absolute atomic E-state index is 12.6. The van der Waals surface area contributed by atoms with Crippen LogP contribution in [0.4, 0.5) is 16.2 Å². The monoisotopic (exact) mass is 428 g/mol. The Kier molecular flexibility index (Phi) is 9.35. The Morgan fingerprint density at radius 3 is 2.06 bits per heavy atom. The fraction of sp³-hybridized carbons (Fsp3) is 0.348. The summed E-state index contributed by atoms with van der Waals surface area (Å²) in [4.78, 5) is 34.9. The Labute approximate surface area is 181 Å². The van der Waals surface area contributed by atoms with Crippen molar-refractivity contribution in [2.75, 3.05) is 23.8 Å². The lowest BCUT2D eigenvalue weighted by Gasteiger charge is -2.22. The molecular weight excluding hydrogens is 400 g/mol. The number of ether oxygens (including phenoxy) is 3. The van der Waals surface area contributed by atoms with Gasteiger partial charge >= 0.3 is 18.0 Å². The van der Waals surface area contributed by atoms with Crippen LogP contribution in [0.15, 0.2) is 54.6 Å². The molecule has 0 saturated carbocycles. The molecule has 0 aliphatic heterocycles. The highest BCUT2D eigenvalue weighted by Gasteiger charge is 2.23. The maximum Gasteiger partial charge on any atom is 0.411 e. The van der Waals surface area contributed by atoms with Crippen LogP contribution in [-0.2, 0) is 30.4 Å². The van der Waals surface area contributed by atoms with E-state index < -0.39 is 18.1 Å². The molecule has 2 N–H and O–H groups in total. The topological polar surface area (TPSA) is 103 Å². The number of rotatable bonds is 10. The number of hydrogen-bond acceptors (Lipinski definition) is 7. The van der Waals surface area contributed by atoms with Gasteiger partial charge in [-0.25, -0.2) is 9.59 Å². The van der Waals surface area contributed by atoms with E-state index in [2.05, 4.69) is 15.4 Å². The van der Waals surface area contributed by atoms with Crippen molar-refractivity contribution in [2.45, 2.75) is 33.4 Å². The van der Waals surface area contributed by atoms with Crippen LogP contribution in [0, 0.1) is 5.92 Å². The molecule has 1 unspecified atom stereocenters. The third-order valence-electron chi connectivity index (χ3n) is 4.22. The molecule has 2 rings (SSSR count). The number of amides is 1. The summed E-state index contributed by atoms with van der Waals surface area (Å²) in [6, 6.07) is 15.8. The summed E-state index contributed by atoms with van der Waals surface area (Å²) in [6.07, 6.45) is -0.655. The number of carbonyl (C=O) groups excluding carboxylic acids is 3. The van der Waals surface area contributed by atoms with Gasteiger partial charge in [-0.1, -0.05) is 44.2 Å². The molecule has 0 aromatic heterocycles. The average molecular weight is 428 g/mol. The third-order valence-corrected chi connectivity index (χ3v) is 4.22. The number of anilines is 2. The number of carbonyl (C=O) groups is 3. The Bertz CT molecular complexity index is 852. The van der Waals surface area contributed by atoms with Gasteiger partial charge in [-0.3, -0.25) is 10.1 Å². The zero-order valence-electron chi connectivity index (χ0n) is 17.9. The average Bonchev–Trinajstić information content (AvgIpc) is 2.75. The zero-order valence-corrected chi connectivity index (χ0v) is 17.9. The van der Waals surface area contributed by atoms with Crippen molar-refractivity contribution in [3.8, 4) is 0 Å². The molecule has 0 radical (unpaired) electrons. The fourth-order valence-electron chi connectivity index (χ4n) is 2.62. The molecule has 1 atom stereocenters. The van der Waals surface area contributed by atoms with Crippen LogP contribution < -0.4 is 10.6 Å². The molecule has 0 saturated heterocycles.